The highest BCUT2D eigenvalue weighted by Crippen LogP contribution is 2.30. The minimum atomic E-state index is -0.367. The number of piperidine rings is 1. The first-order valence-corrected chi connectivity index (χ1v) is 7.95. The Hall–Kier alpha value is -2.44. The van der Waals surface area contributed by atoms with Gasteiger partial charge in [0.25, 0.3) is 5.69 Å². The Labute approximate surface area is 135 Å². The van der Waals surface area contributed by atoms with Crippen LogP contribution in [0.4, 0.5) is 11.4 Å². The van der Waals surface area contributed by atoms with Gasteiger partial charge in [0.05, 0.1) is 4.92 Å². The number of hydrogen-bond acceptors (Lipinski definition) is 5. The number of nitro benzene ring substituents is 1. The summed E-state index contributed by atoms with van der Waals surface area (Å²) in [7, 11) is 0. The lowest BCUT2D eigenvalue weighted by molar-refractivity contribution is -0.384. The Bertz CT molecular complexity index is 680. The molecule has 1 aromatic heterocycles. The van der Waals surface area contributed by atoms with E-state index in [9.17, 15) is 10.1 Å². The molecule has 0 aliphatic carbocycles. The van der Waals surface area contributed by atoms with Crippen LogP contribution in [0.1, 0.15) is 44.5 Å². The molecule has 0 N–H and O–H groups in total. The average molecular weight is 315 g/mol. The van der Waals surface area contributed by atoms with Crippen LogP contribution in [0.15, 0.2) is 30.6 Å². The lowest BCUT2D eigenvalue weighted by atomic mass is 9.96. The van der Waals surface area contributed by atoms with E-state index in [4.69, 9.17) is 0 Å². The molecular weight excluding hydrogens is 294 g/mol. The van der Waals surface area contributed by atoms with Crippen molar-refractivity contribution >= 4 is 11.4 Å². The van der Waals surface area contributed by atoms with E-state index in [1.165, 1.54) is 0 Å². The fraction of sp³-hybridized carbons (Fsp3) is 0.500. The molecule has 0 spiro atoms. The average Bonchev–Trinajstić information content (AvgIpc) is 3.05. The molecule has 1 atom stereocenters. The van der Waals surface area contributed by atoms with Gasteiger partial charge in [-0.3, -0.25) is 10.1 Å². The van der Waals surface area contributed by atoms with Gasteiger partial charge in [-0.05, 0) is 38.8 Å². The fourth-order valence-corrected chi connectivity index (χ4v) is 3.15. The van der Waals surface area contributed by atoms with Gasteiger partial charge in [-0.15, -0.1) is 10.2 Å². The second kappa shape index (κ2) is 6.36. The normalized spacial score (nSPS) is 18.4. The van der Waals surface area contributed by atoms with Crippen LogP contribution in [-0.4, -0.2) is 32.8 Å². The van der Waals surface area contributed by atoms with Crippen LogP contribution in [0.3, 0.4) is 0 Å². The Morgan fingerprint density at radius 3 is 2.70 bits per heavy atom. The third kappa shape index (κ3) is 3.18. The van der Waals surface area contributed by atoms with Gasteiger partial charge in [0.1, 0.15) is 12.2 Å². The second-order valence-corrected chi connectivity index (χ2v) is 6.25. The molecule has 1 fully saturated rings. The first-order chi connectivity index (χ1) is 11.1. The van der Waals surface area contributed by atoms with E-state index < -0.39 is 0 Å². The summed E-state index contributed by atoms with van der Waals surface area (Å²) in [6.45, 7) is 6.08. The number of benzene rings is 1. The van der Waals surface area contributed by atoms with E-state index in [2.05, 4.69) is 33.5 Å². The molecule has 1 saturated heterocycles. The predicted octanol–water partition coefficient (Wildman–Crippen LogP) is 3.15. The lowest BCUT2D eigenvalue weighted by Crippen LogP contribution is -2.35. The summed E-state index contributed by atoms with van der Waals surface area (Å²) in [6, 6.07) is 7.13. The van der Waals surface area contributed by atoms with Crippen LogP contribution in [0, 0.1) is 10.1 Å². The summed E-state index contributed by atoms with van der Waals surface area (Å²) in [4.78, 5) is 12.7. The van der Waals surface area contributed by atoms with E-state index in [0.29, 0.717) is 12.0 Å². The van der Waals surface area contributed by atoms with E-state index in [1.807, 2.05) is 12.1 Å². The van der Waals surface area contributed by atoms with Gasteiger partial charge in [-0.25, -0.2) is 0 Å². The van der Waals surface area contributed by atoms with E-state index in [0.717, 1.165) is 37.4 Å². The molecule has 122 valence electrons. The highest BCUT2D eigenvalue weighted by molar-refractivity contribution is 5.51. The van der Waals surface area contributed by atoms with Crippen LogP contribution in [0.25, 0.3) is 0 Å². The zero-order chi connectivity index (χ0) is 16.4. The van der Waals surface area contributed by atoms with E-state index in [1.54, 1.807) is 18.5 Å². The van der Waals surface area contributed by atoms with Crippen LogP contribution < -0.4 is 4.90 Å². The lowest BCUT2D eigenvalue weighted by Gasteiger charge is -2.34. The summed E-state index contributed by atoms with van der Waals surface area (Å²) in [5.74, 6) is 1.37. The third-order valence-corrected chi connectivity index (χ3v) is 4.37. The third-order valence-electron chi connectivity index (χ3n) is 4.37. The van der Waals surface area contributed by atoms with E-state index in [-0.39, 0.29) is 10.6 Å². The number of rotatable bonds is 4. The predicted molar refractivity (Wildman–Crippen MR) is 87.7 cm³/mol. The first kappa shape index (κ1) is 15.5. The molecule has 7 nitrogen and oxygen atoms in total. The second-order valence-electron chi connectivity index (χ2n) is 6.25. The summed E-state index contributed by atoms with van der Waals surface area (Å²) in [5, 5.41) is 19.2. The Morgan fingerprint density at radius 1 is 1.30 bits per heavy atom. The maximum absolute atomic E-state index is 10.8. The van der Waals surface area contributed by atoms with Crippen molar-refractivity contribution in [2.75, 3.05) is 18.0 Å². The fourth-order valence-electron chi connectivity index (χ4n) is 3.15. The van der Waals surface area contributed by atoms with Crippen molar-refractivity contribution in [2.24, 2.45) is 0 Å². The number of non-ortho nitro benzene ring substituents is 1. The van der Waals surface area contributed by atoms with Crippen molar-refractivity contribution in [2.45, 2.75) is 38.6 Å². The van der Waals surface area contributed by atoms with Crippen LogP contribution in [-0.2, 0) is 0 Å². The largest absolute Gasteiger partial charge is 0.371 e. The van der Waals surface area contributed by atoms with Crippen molar-refractivity contribution in [1.82, 2.24) is 14.8 Å². The van der Waals surface area contributed by atoms with Crippen molar-refractivity contribution in [3.8, 4) is 0 Å². The molecular formula is C16H21N5O2. The van der Waals surface area contributed by atoms with Gasteiger partial charge in [-0.1, -0.05) is 0 Å². The molecule has 23 heavy (non-hydrogen) atoms. The smallest absolute Gasteiger partial charge is 0.269 e. The van der Waals surface area contributed by atoms with E-state index >= 15 is 0 Å². The summed E-state index contributed by atoms with van der Waals surface area (Å²) < 4.78 is 2.13. The van der Waals surface area contributed by atoms with Gasteiger partial charge >= 0.3 is 0 Å². The molecule has 0 saturated carbocycles. The van der Waals surface area contributed by atoms with Gasteiger partial charge in [-0.2, -0.15) is 0 Å². The molecule has 0 bridgehead atoms. The highest BCUT2D eigenvalue weighted by atomic mass is 16.6. The summed E-state index contributed by atoms with van der Waals surface area (Å²) in [5.41, 5.74) is 1.15. The quantitative estimate of drug-likeness (QED) is 0.640. The van der Waals surface area contributed by atoms with Crippen molar-refractivity contribution < 1.29 is 4.92 Å². The standard InChI is InChI=1S/C16H21N5O2/c1-12(2)20-11-17-18-16(20)13-4-3-9-19(10-13)14-5-7-15(8-6-14)21(22)23/h5-8,11-13H,3-4,9-10H2,1-2H3. The molecule has 7 heteroatoms. The zero-order valence-corrected chi connectivity index (χ0v) is 13.4. The minimum Gasteiger partial charge on any atom is -0.371 e. The van der Waals surface area contributed by atoms with Gasteiger partial charge in [0.15, 0.2) is 0 Å². The Morgan fingerprint density at radius 2 is 2.04 bits per heavy atom. The number of nitro groups is 1. The number of nitrogens with zero attached hydrogens (tertiary/aromatic N) is 5. The van der Waals surface area contributed by atoms with Crippen LogP contribution in [0.5, 0.6) is 0 Å². The molecule has 3 rings (SSSR count). The highest BCUT2D eigenvalue weighted by Gasteiger charge is 2.26. The number of anilines is 1. The Balaban J connectivity index is 1.78. The maximum atomic E-state index is 10.8. The van der Waals surface area contributed by atoms with Crippen LogP contribution in [0.2, 0.25) is 0 Å². The molecule has 1 aliphatic rings. The molecule has 1 aromatic carbocycles. The molecule has 1 unspecified atom stereocenters. The van der Waals surface area contributed by atoms with Gasteiger partial charge < -0.3 is 9.47 Å². The van der Waals surface area contributed by atoms with Crippen molar-refractivity contribution in [3.05, 3.63) is 46.5 Å². The van der Waals surface area contributed by atoms with Crippen molar-refractivity contribution in [3.63, 3.8) is 0 Å². The van der Waals surface area contributed by atoms with Gasteiger partial charge in [0, 0.05) is 42.9 Å². The van der Waals surface area contributed by atoms with Crippen molar-refractivity contribution in [1.29, 1.82) is 0 Å². The molecule has 2 heterocycles. The Kier molecular flexibility index (Phi) is 4.27. The van der Waals surface area contributed by atoms with Gasteiger partial charge in [0.2, 0.25) is 0 Å². The zero-order valence-electron chi connectivity index (χ0n) is 13.4. The monoisotopic (exact) mass is 315 g/mol. The maximum Gasteiger partial charge on any atom is 0.269 e. The summed E-state index contributed by atoms with van der Waals surface area (Å²) in [6.07, 6.45) is 3.96. The molecule has 2 aromatic rings. The molecule has 0 amide bonds. The van der Waals surface area contributed by atoms with Crippen LogP contribution >= 0.6 is 0 Å². The number of hydrogen-bond donors (Lipinski definition) is 0. The summed E-state index contributed by atoms with van der Waals surface area (Å²) >= 11 is 0. The first-order valence-electron chi connectivity index (χ1n) is 7.95. The molecule has 0 radical (unpaired) electrons. The SMILES string of the molecule is CC(C)n1cnnc1C1CCCN(c2ccc([N+](=O)[O-])cc2)C1. The topological polar surface area (TPSA) is 77.1 Å². The number of aromatic nitrogens is 3. The molecule has 1 aliphatic heterocycles. The minimum absolute atomic E-state index is 0.127.